The van der Waals surface area contributed by atoms with Gasteiger partial charge in [-0.3, -0.25) is 14.6 Å². The number of thiazole rings is 1. The zero-order chi connectivity index (χ0) is 13.0. The van der Waals surface area contributed by atoms with E-state index in [4.69, 9.17) is 4.74 Å². The summed E-state index contributed by atoms with van der Waals surface area (Å²) >= 11 is 1.35. The molecule has 0 aliphatic carbocycles. The van der Waals surface area contributed by atoms with Crippen molar-refractivity contribution in [2.75, 3.05) is 19.7 Å². The number of hydrogen-bond donors (Lipinski definition) is 0. The number of carbonyl (C=O) groups excluding carboxylic acids is 2. The Balaban J connectivity index is 1.87. The first kappa shape index (κ1) is 13.0. The second kappa shape index (κ2) is 5.95. The van der Waals surface area contributed by atoms with Crippen molar-refractivity contribution >= 4 is 23.2 Å². The van der Waals surface area contributed by atoms with Crippen LogP contribution in [0.4, 0.5) is 0 Å². The third kappa shape index (κ3) is 2.87. The number of carbonyl (C=O) groups is 2. The average molecular weight is 268 g/mol. The summed E-state index contributed by atoms with van der Waals surface area (Å²) in [6.45, 7) is 3.44. The molecule has 1 fully saturated rings. The number of amides is 1. The summed E-state index contributed by atoms with van der Waals surface area (Å²) in [5, 5.41) is 0. The molecule has 5 nitrogen and oxygen atoms in total. The van der Waals surface area contributed by atoms with E-state index in [1.807, 2.05) is 0 Å². The molecule has 2 rings (SSSR count). The number of nitrogens with zero attached hydrogens (tertiary/aromatic N) is 2. The van der Waals surface area contributed by atoms with Crippen molar-refractivity contribution in [1.29, 1.82) is 0 Å². The van der Waals surface area contributed by atoms with Gasteiger partial charge in [-0.15, -0.1) is 11.3 Å². The Morgan fingerprint density at radius 2 is 2.22 bits per heavy atom. The largest absolute Gasteiger partial charge is 0.466 e. The molecule has 0 N–H and O–H groups in total. The highest BCUT2D eigenvalue weighted by molar-refractivity contribution is 7.11. The van der Waals surface area contributed by atoms with Crippen molar-refractivity contribution in [3.05, 3.63) is 16.6 Å². The average Bonchev–Trinajstić information content (AvgIpc) is 2.92. The van der Waals surface area contributed by atoms with Crippen LogP contribution in [-0.4, -0.2) is 41.5 Å². The van der Waals surface area contributed by atoms with Gasteiger partial charge in [-0.05, 0) is 19.8 Å². The summed E-state index contributed by atoms with van der Waals surface area (Å²) in [6.07, 6.45) is 2.96. The maximum atomic E-state index is 12.0. The second-order valence-corrected chi connectivity index (χ2v) is 5.07. The van der Waals surface area contributed by atoms with Gasteiger partial charge in [-0.1, -0.05) is 0 Å². The molecule has 2 heterocycles. The van der Waals surface area contributed by atoms with Crippen LogP contribution in [0.15, 0.2) is 11.7 Å². The lowest BCUT2D eigenvalue weighted by atomic mass is 9.97. The van der Waals surface area contributed by atoms with E-state index in [1.165, 1.54) is 11.3 Å². The fourth-order valence-electron chi connectivity index (χ4n) is 2.06. The molecule has 0 atom stereocenters. The quantitative estimate of drug-likeness (QED) is 0.781. The smallest absolute Gasteiger partial charge is 0.309 e. The van der Waals surface area contributed by atoms with Crippen molar-refractivity contribution < 1.29 is 14.3 Å². The minimum absolute atomic E-state index is 0.0137. The van der Waals surface area contributed by atoms with Crippen molar-refractivity contribution in [2.24, 2.45) is 5.92 Å². The summed E-state index contributed by atoms with van der Waals surface area (Å²) in [5.74, 6) is -0.183. The summed E-state index contributed by atoms with van der Waals surface area (Å²) in [6, 6.07) is 0. The number of ether oxygens (including phenoxy) is 1. The van der Waals surface area contributed by atoms with E-state index >= 15 is 0 Å². The predicted octanol–water partition coefficient (Wildman–Crippen LogP) is 1.56. The Bertz CT molecular complexity index is 411. The molecule has 0 radical (unpaired) electrons. The van der Waals surface area contributed by atoms with Gasteiger partial charge in [0.2, 0.25) is 0 Å². The van der Waals surface area contributed by atoms with Crippen LogP contribution in [0.25, 0.3) is 0 Å². The van der Waals surface area contributed by atoms with Crippen LogP contribution >= 0.6 is 11.3 Å². The van der Waals surface area contributed by atoms with Gasteiger partial charge in [0.05, 0.1) is 24.2 Å². The van der Waals surface area contributed by atoms with Crippen LogP contribution in [0.1, 0.15) is 29.4 Å². The molecular weight excluding hydrogens is 252 g/mol. The van der Waals surface area contributed by atoms with Crippen LogP contribution < -0.4 is 0 Å². The Labute approximate surface area is 110 Å². The van der Waals surface area contributed by atoms with Crippen molar-refractivity contribution in [3.63, 3.8) is 0 Å². The third-order valence-electron chi connectivity index (χ3n) is 3.05. The van der Waals surface area contributed by atoms with Gasteiger partial charge in [0.25, 0.3) is 5.91 Å². The number of rotatable bonds is 3. The molecule has 1 amide bonds. The highest BCUT2D eigenvalue weighted by atomic mass is 32.1. The van der Waals surface area contributed by atoms with Gasteiger partial charge in [0, 0.05) is 13.1 Å². The molecule has 1 aromatic heterocycles. The highest BCUT2D eigenvalue weighted by Gasteiger charge is 2.28. The van der Waals surface area contributed by atoms with Gasteiger partial charge in [0.1, 0.15) is 4.88 Å². The van der Waals surface area contributed by atoms with Crippen molar-refractivity contribution in [1.82, 2.24) is 9.88 Å². The van der Waals surface area contributed by atoms with E-state index < -0.39 is 0 Å². The van der Waals surface area contributed by atoms with Crippen molar-refractivity contribution in [3.8, 4) is 0 Å². The molecule has 0 aromatic carbocycles. The van der Waals surface area contributed by atoms with Gasteiger partial charge in [-0.2, -0.15) is 0 Å². The standard InChI is InChI=1S/C12H16N2O3S/c1-2-17-12(16)9-3-5-14(6-4-9)11(15)10-7-13-8-18-10/h7-9H,2-6H2,1H3. The number of esters is 1. The van der Waals surface area contributed by atoms with E-state index in [0.717, 1.165) is 0 Å². The van der Waals surface area contributed by atoms with Crippen molar-refractivity contribution in [2.45, 2.75) is 19.8 Å². The monoisotopic (exact) mass is 268 g/mol. The SMILES string of the molecule is CCOC(=O)C1CCN(C(=O)c2cncs2)CC1. The first-order valence-corrected chi connectivity index (χ1v) is 6.94. The first-order valence-electron chi connectivity index (χ1n) is 6.06. The zero-order valence-corrected chi connectivity index (χ0v) is 11.1. The highest BCUT2D eigenvalue weighted by Crippen LogP contribution is 2.21. The van der Waals surface area contributed by atoms with Crippen LogP contribution in [0.2, 0.25) is 0 Å². The molecule has 1 aliphatic rings. The van der Waals surface area contributed by atoms with E-state index in [-0.39, 0.29) is 17.8 Å². The Morgan fingerprint density at radius 1 is 1.50 bits per heavy atom. The minimum Gasteiger partial charge on any atom is -0.466 e. The second-order valence-electron chi connectivity index (χ2n) is 4.18. The fraction of sp³-hybridized carbons (Fsp3) is 0.583. The normalized spacial score (nSPS) is 16.6. The molecule has 1 aliphatic heterocycles. The summed E-state index contributed by atoms with van der Waals surface area (Å²) in [5.41, 5.74) is 1.65. The van der Waals surface area contributed by atoms with Crippen LogP contribution in [-0.2, 0) is 9.53 Å². The summed E-state index contributed by atoms with van der Waals surface area (Å²) < 4.78 is 5.00. The van der Waals surface area contributed by atoms with Gasteiger partial charge in [-0.25, -0.2) is 0 Å². The van der Waals surface area contributed by atoms with E-state index in [0.29, 0.717) is 37.4 Å². The molecule has 0 spiro atoms. The minimum atomic E-state index is -0.137. The molecule has 1 aromatic rings. The molecule has 0 saturated carbocycles. The lowest BCUT2D eigenvalue weighted by molar-refractivity contribution is -0.149. The molecule has 0 bridgehead atoms. The van der Waals surface area contributed by atoms with Crippen LogP contribution in [0.5, 0.6) is 0 Å². The van der Waals surface area contributed by atoms with Gasteiger partial charge in [0.15, 0.2) is 0 Å². The molecular formula is C12H16N2O3S. The van der Waals surface area contributed by atoms with Gasteiger partial charge >= 0.3 is 5.97 Å². The first-order chi connectivity index (χ1) is 8.72. The summed E-state index contributed by atoms with van der Waals surface area (Å²) in [7, 11) is 0. The van der Waals surface area contributed by atoms with Crippen LogP contribution in [0, 0.1) is 5.92 Å². The van der Waals surface area contributed by atoms with Crippen LogP contribution in [0.3, 0.4) is 0 Å². The molecule has 0 unspecified atom stereocenters. The zero-order valence-electron chi connectivity index (χ0n) is 10.3. The molecule has 98 valence electrons. The maximum absolute atomic E-state index is 12.0. The Kier molecular flexibility index (Phi) is 4.30. The Hall–Kier alpha value is -1.43. The summed E-state index contributed by atoms with van der Waals surface area (Å²) in [4.78, 5) is 30.0. The van der Waals surface area contributed by atoms with Gasteiger partial charge < -0.3 is 9.64 Å². The predicted molar refractivity (Wildman–Crippen MR) is 67.4 cm³/mol. The maximum Gasteiger partial charge on any atom is 0.309 e. The molecule has 1 saturated heterocycles. The fourth-order valence-corrected chi connectivity index (χ4v) is 2.64. The lowest BCUT2D eigenvalue weighted by Gasteiger charge is -2.30. The Morgan fingerprint density at radius 3 is 2.78 bits per heavy atom. The number of aromatic nitrogens is 1. The molecule has 6 heteroatoms. The lowest BCUT2D eigenvalue weighted by Crippen LogP contribution is -2.40. The van der Waals surface area contributed by atoms with E-state index in [2.05, 4.69) is 4.98 Å². The number of likely N-dealkylation sites (tertiary alicyclic amines) is 1. The topological polar surface area (TPSA) is 59.5 Å². The van der Waals surface area contributed by atoms with E-state index in [9.17, 15) is 9.59 Å². The molecule has 18 heavy (non-hydrogen) atoms. The number of piperidine rings is 1. The number of hydrogen-bond acceptors (Lipinski definition) is 5. The van der Waals surface area contributed by atoms with E-state index in [1.54, 1.807) is 23.5 Å². The third-order valence-corrected chi connectivity index (χ3v) is 3.81.